The highest BCUT2D eigenvalue weighted by Gasteiger charge is 2.27. The van der Waals surface area contributed by atoms with Gasteiger partial charge in [-0.2, -0.15) is 13.2 Å². The lowest BCUT2D eigenvalue weighted by Gasteiger charge is -2.19. The fourth-order valence-electron chi connectivity index (χ4n) is 1.02. The SMILES string of the molecule is CC(C)C(CO)NCCOCC(F)(F)F. The maximum absolute atomic E-state index is 11.7. The molecule has 0 aromatic carbocycles. The molecule has 0 heterocycles. The van der Waals surface area contributed by atoms with Gasteiger partial charge in [0.05, 0.1) is 13.2 Å². The summed E-state index contributed by atoms with van der Waals surface area (Å²) in [5, 5.41) is 11.8. The van der Waals surface area contributed by atoms with Crippen molar-refractivity contribution in [2.24, 2.45) is 5.92 Å². The zero-order chi connectivity index (χ0) is 11.9. The predicted molar refractivity (Wildman–Crippen MR) is 50.6 cm³/mol. The second kappa shape index (κ2) is 7.03. The topological polar surface area (TPSA) is 41.5 Å². The van der Waals surface area contributed by atoms with Gasteiger partial charge in [0.25, 0.3) is 0 Å². The molecule has 0 bridgehead atoms. The quantitative estimate of drug-likeness (QED) is 0.644. The first kappa shape index (κ1) is 14.7. The van der Waals surface area contributed by atoms with Crippen molar-refractivity contribution in [2.45, 2.75) is 26.1 Å². The summed E-state index contributed by atoms with van der Waals surface area (Å²) in [6.45, 7) is 2.88. The van der Waals surface area contributed by atoms with Crippen LogP contribution in [0.3, 0.4) is 0 Å². The largest absolute Gasteiger partial charge is 0.411 e. The van der Waals surface area contributed by atoms with Gasteiger partial charge in [0.2, 0.25) is 0 Å². The minimum absolute atomic E-state index is 0.0112. The smallest absolute Gasteiger partial charge is 0.395 e. The molecule has 0 amide bonds. The number of alkyl halides is 3. The van der Waals surface area contributed by atoms with Gasteiger partial charge in [-0.25, -0.2) is 0 Å². The summed E-state index contributed by atoms with van der Waals surface area (Å²) in [6.07, 6.45) is -4.27. The van der Waals surface area contributed by atoms with Crippen LogP contribution in [0.2, 0.25) is 0 Å². The molecular formula is C9H18F3NO2. The van der Waals surface area contributed by atoms with Crippen molar-refractivity contribution in [3.63, 3.8) is 0 Å². The fraction of sp³-hybridized carbons (Fsp3) is 1.00. The average Bonchev–Trinajstić information content (AvgIpc) is 2.08. The predicted octanol–water partition coefficient (Wildman–Crippen LogP) is 1.17. The highest BCUT2D eigenvalue weighted by molar-refractivity contribution is 4.68. The molecule has 6 heteroatoms. The van der Waals surface area contributed by atoms with Crippen molar-refractivity contribution in [3.8, 4) is 0 Å². The fourth-order valence-corrected chi connectivity index (χ4v) is 1.02. The molecule has 0 fully saturated rings. The summed E-state index contributed by atoms with van der Waals surface area (Å²) in [7, 11) is 0. The van der Waals surface area contributed by atoms with E-state index in [0.29, 0.717) is 6.54 Å². The molecule has 0 aromatic heterocycles. The number of ether oxygens (including phenoxy) is 1. The van der Waals surface area contributed by atoms with Crippen LogP contribution in [0, 0.1) is 5.92 Å². The van der Waals surface area contributed by atoms with E-state index in [1.807, 2.05) is 13.8 Å². The van der Waals surface area contributed by atoms with Gasteiger partial charge in [0.15, 0.2) is 0 Å². The number of halogens is 3. The molecule has 0 spiro atoms. The molecule has 92 valence electrons. The van der Waals surface area contributed by atoms with Crippen molar-refractivity contribution in [1.82, 2.24) is 5.32 Å². The summed E-state index contributed by atoms with van der Waals surface area (Å²) < 4.78 is 39.4. The van der Waals surface area contributed by atoms with Gasteiger partial charge in [0, 0.05) is 12.6 Å². The van der Waals surface area contributed by atoms with E-state index in [-0.39, 0.29) is 25.2 Å². The van der Waals surface area contributed by atoms with Gasteiger partial charge in [-0.1, -0.05) is 13.8 Å². The first-order valence-electron chi connectivity index (χ1n) is 4.85. The van der Waals surface area contributed by atoms with Gasteiger partial charge >= 0.3 is 6.18 Å². The van der Waals surface area contributed by atoms with Crippen LogP contribution in [0.4, 0.5) is 13.2 Å². The molecule has 2 N–H and O–H groups in total. The minimum Gasteiger partial charge on any atom is -0.395 e. The molecule has 0 aliphatic rings. The van der Waals surface area contributed by atoms with E-state index in [0.717, 1.165) is 0 Å². The second-order valence-electron chi connectivity index (χ2n) is 3.65. The van der Waals surface area contributed by atoms with Crippen LogP contribution < -0.4 is 5.32 Å². The zero-order valence-electron chi connectivity index (χ0n) is 8.97. The van der Waals surface area contributed by atoms with Gasteiger partial charge in [-0.3, -0.25) is 0 Å². The van der Waals surface area contributed by atoms with Crippen molar-refractivity contribution in [3.05, 3.63) is 0 Å². The van der Waals surface area contributed by atoms with Crippen molar-refractivity contribution in [2.75, 3.05) is 26.4 Å². The Morgan fingerprint density at radius 1 is 1.33 bits per heavy atom. The maximum Gasteiger partial charge on any atom is 0.411 e. The Balaban J connectivity index is 3.45. The summed E-state index contributed by atoms with van der Waals surface area (Å²) in [5.74, 6) is 0.234. The van der Waals surface area contributed by atoms with Crippen LogP contribution in [-0.2, 0) is 4.74 Å². The highest BCUT2D eigenvalue weighted by atomic mass is 19.4. The minimum atomic E-state index is -4.27. The maximum atomic E-state index is 11.7. The van der Waals surface area contributed by atoms with E-state index in [2.05, 4.69) is 10.1 Å². The summed E-state index contributed by atoms with van der Waals surface area (Å²) in [5.41, 5.74) is 0. The molecular weight excluding hydrogens is 211 g/mol. The van der Waals surface area contributed by atoms with E-state index < -0.39 is 12.8 Å². The van der Waals surface area contributed by atoms with Crippen molar-refractivity contribution >= 4 is 0 Å². The Morgan fingerprint density at radius 3 is 2.33 bits per heavy atom. The Kier molecular flexibility index (Phi) is 6.87. The third kappa shape index (κ3) is 8.65. The Hall–Kier alpha value is -0.330. The highest BCUT2D eigenvalue weighted by Crippen LogP contribution is 2.13. The molecule has 1 atom stereocenters. The number of nitrogens with one attached hydrogen (secondary N) is 1. The van der Waals surface area contributed by atoms with Gasteiger partial charge in [-0.15, -0.1) is 0 Å². The Morgan fingerprint density at radius 2 is 1.93 bits per heavy atom. The van der Waals surface area contributed by atoms with Gasteiger partial charge in [-0.05, 0) is 5.92 Å². The molecule has 0 rings (SSSR count). The van der Waals surface area contributed by atoms with E-state index >= 15 is 0 Å². The standard InChI is InChI=1S/C9H18F3NO2/c1-7(2)8(5-14)13-3-4-15-6-9(10,11)12/h7-8,13-14H,3-6H2,1-2H3. The normalized spacial score (nSPS) is 14.6. The zero-order valence-corrected chi connectivity index (χ0v) is 8.97. The number of rotatable bonds is 7. The van der Waals surface area contributed by atoms with Crippen LogP contribution in [0.1, 0.15) is 13.8 Å². The van der Waals surface area contributed by atoms with Crippen molar-refractivity contribution < 1.29 is 23.0 Å². The van der Waals surface area contributed by atoms with Crippen LogP contribution in [0.15, 0.2) is 0 Å². The van der Waals surface area contributed by atoms with E-state index in [4.69, 9.17) is 5.11 Å². The third-order valence-corrected chi connectivity index (χ3v) is 1.92. The summed E-state index contributed by atoms with van der Waals surface area (Å²) >= 11 is 0. The van der Waals surface area contributed by atoms with E-state index in [1.165, 1.54) is 0 Å². The van der Waals surface area contributed by atoms with Crippen molar-refractivity contribution in [1.29, 1.82) is 0 Å². The first-order valence-corrected chi connectivity index (χ1v) is 4.85. The van der Waals surface area contributed by atoms with Crippen LogP contribution >= 0.6 is 0 Å². The summed E-state index contributed by atoms with van der Waals surface area (Å²) in [4.78, 5) is 0. The Bertz CT molecular complexity index is 162. The molecule has 0 saturated carbocycles. The van der Waals surface area contributed by atoms with E-state index in [1.54, 1.807) is 0 Å². The summed E-state index contributed by atoms with van der Waals surface area (Å²) in [6, 6.07) is -0.0977. The average molecular weight is 229 g/mol. The van der Waals surface area contributed by atoms with Gasteiger partial charge < -0.3 is 15.2 Å². The molecule has 0 radical (unpaired) electrons. The number of aliphatic hydroxyl groups excluding tert-OH is 1. The van der Waals surface area contributed by atoms with Crippen LogP contribution in [0.5, 0.6) is 0 Å². The molecule has 15 heavy (non-hydrogen) atoms. The Labute approximate surface area is 87.6 Å². The second-order valence-corrected chi connectivity index (χ2v) is 3.65. The lowest BCUT2D eigenvalue weighted by Crippen LogP contribution is -2.39. The molecule has 0 aromatic rings. The number of hydrogen-bond donors (Lipinski definition) is 2. The molecule has 0 aliphatic heterocycles. The van der Waals surface area contributed by atoms with Gasteiger partial charge in [0.1, 0.15) is 6.61 Å². The van der Waals surface area contributed by atoms with Crippen LogP contribution in [0.25, 0.3) is 0 Å². The monoisotopic (exact) mass is 229 g/mol. The lowest BCUT2D eigenvalue weighted by molar-refractivity contribution is -0.173. The number of hydrogen-bond acceptors (Lipinski definition) is 3. The molecule has 0 saturated heterocycles. The molecule has 3 nitrogen and oxygen atoms in total. The lowest BCUT2D eigenvalue weighted by atomic mass is 10.1. The number of aliphatic hydroxyl groups is 1. The van der Waals surface area contributed by atoms with E-state index in [9.17, 15) is 13.2 Å². The third-order valence-electron chi connectivity index (χ3n) is 1.92. The molecule has 1 unspecified atom stereocenters. The van der Waals surface area contributed by atoms with Crippen LogP contribution in [-0.4, -0.2) is 43.7 Å². The molecule has 0 aliphatic carbocycles. The first-order chi connectivity index (χ1) is 6.87.